The molecule has 0 saturated heterocycles. The minimum atomic E-state index is -0.455. The number of fused-ring (bicyclic) bond motifs is 1. The van der Waals surface area contributed by atoms with Crippen molar-refractivity contribution in [3.05, 3.63) is 89.2 Å². The van der Waals surface area contributed by atoms with E-state index in [2.05, 4.69) is 5.32 Å². The van der Waals surface area contributed by atoms with E-state index in [1.165, 1.54) is 19.4 Å². The zero-order valence-corrected chi connectivity index (χ0v) is 15.5. The van der Waals surface area contributed by atoms with E-state index in [1.54, 1.807) is 48.5 Å². The first-order valence-corrected chi connectivity index (χ1v) is 8.88. The number of para-hydroxylation sites is 1. The van der Waals surface area contributed by atoms with Gasteiger partial charge in [0.05, 0.1) is 24.6 Å². The summed E-state index contributed by atoms with van der Waals surface area (Å²) >= 11 is 0. The molecule has 2 aromatic heterocycles. The molecule has 29 heavy (non-hydrogen) atoms. The highest BCUT2D eigenvalue weighted by Gasteiger charge is 2.12. The van der Waals surface area contributed by atoms with Gasteiger partial charge in [-0.2, -0.15) is 0 Å². The maximum absolute atomic E-state index is 12.4. The molecule has 2 heterocycles. The monoisotopic (exact) mass is 387 g/mol. The van der Waals surface area contributed by atoms with Crippen LogP contribution in [0.25, 0.3) is 28.2 Å². The lowest BCUT2D eigenvalue weighted by molar-refractivity contribution is -0.111. The number of rotatable bonds is 5. The van der Waals surface area contributed by atoms with Crippen molar-refractivity contribution in [2.45, 2.75) is 0 Å². The number of anilines is 1. The summed E-state index contributed by atoms with van der Waals surface area (Å²) in [4.78, 5) is 24.7. The third-order valence-corrected chi connectivity index (χ3v) is 4.35. The van der Waals surface area contributed by atoms with Crippen molar-refractivity contribution in [3.8, 4) is 16.9 Å². The number of methoxy groups -OCH3 is 1. The Morgan fingerprint density at radius 2 is 1.93 bits per heavy atom. The van der Waals surface area contributed by atoms with Crippen LogP contribution in [0, 0.1) is 0 Å². The smallest absolute Gasteiger partial charge is 0.344 e. The number of hydrogen-bond donors (Lipinski definition) is 1. The molecule has 0 saturated carbocycles. The van der Waals surface area contributed by atoms with Crippen LogP contribution >= 0.6 is 0 Å². The Kier molecular flexibility index (Phi) is 4.99. The largest absolute Gasteiger partial charge is 0.495 e. The van der Waals surface area contributed by atoms with Crippen LogP contribution in [0.2, 0.25) is 0 Å². The first-order valence-electron chi connectivity index (χ1n) is 8.88. The number of ether oxygens (including phenoxy) is 1. The van der Waals surface area contributed by atoms with Crippen molar-refractivity contribution in [2.75, 3.05) is 12.4 Å². The van der Waals surface area contributed by atoms with Crippen LogP contribution in [0.15, 0.2) is 86.6 Å². The first-order chi connectivity index (χ1) is 14.1. The van der Waals surface area contributed by atoms with Gasteiger partial charge in [0.15, 0.2) is 0 Å². The molecule has 144 valence electrons. The van der Waals surface area contributed by atoms with Gasteiger partial charge in [-0.3, -0.25) is 4.79 Å². The maximum atomic E-state index is 12.4. The number of hydrogen-bond acceptors (Lipinski definition) is 5. The second kappa shape index (κ2) is 7.90. The Morgan fingerprint density at radius 3 is 2.72 bits per heavy atom. The number of nitrogens with one attached hydrogen (secondary N) is 1. The molecule has 2 aromatic carbocycles. The lowest BCUT2D eigenvalue weighted by atomic mass is 10.0. The van der Waals surface area contributed by atoms with E-state index in [-0.39, 0.29) is 5.91 Å². The zero-order valence-electron chi connectivity index (χ0n) is 15.5. The van der Waals surface area contributed by atoms with E-state index < -0.39 is 5.63 Å². The quantitative estimate of drug-likeness (QED) is 0.396. The van der Waals surface area contributed by atoms with E-state index in [1.807, 2.05) is 18.2 Å². The third kappa shape index (κ3) is 3.96. The molecule has 6 heteroatoms. The highest BCUT2D eigenvalue weighted by molar-refractivity contribution is 6.03. The lowest BCUT2D eigenvalue weighted by Crippen LogP contribution is -2.09. The molecular formula is C23H17NO5. The molecule has 0 aliphatic carbocycles. The van der Waals surface area contributed by atoms with Crippen LogP contribution in [0.3, 0.4) is 0 Å². The Morgan fingerprint density at radius 1 is 1.07 bits per heavy atom. The zero-order chi connectivity index (χ0) is 20.2. The molecular weight excluding hydrogens is 370 g/mol. The lowest BCUT2D eigenvalue weighted by Gasteiger charge is -2.11. The minimum Gasteiger partial charge on any atom is -0.495 e. The average Bonchev–Trinajstić information content (AvgIpc) is 3.25. The molecule has 0 fully saturated rings. The average molecular weight is 387 g/mol. The molecule has 4 aromatic rings. The van der Waals surface area contributed by atoms with Crippen molar-refractivity contribution in [3.63, 3.8) is 0 Å². The molecule has 6 nitrogen and oxygen atoms in total. The fraction of sp³-hybridized carbons (Fsp3) is 0.0435. The van der Waals surface area contributed by atoms with Gasteiger partial charge in [-0.15, -0.1) is 0 Å². The summed E-state index contributed by atoms with van der Waals surface area (Å²) < 4.78 is 15.9. The fourth-order valence-electron chi connectivity index (χ4n) is 2.95. The van der Waals surface area contributed by atoms with Gasteiger partial charge in [0.2, 0.25) is 5.91 Å². The van der Waals surface area contributed by atoms with E-state index in [0.717, 1.165) is 5.39 Å². The summed E-state index contributed by atoms with van der Waals surface area (Å²) in [6.45, 7) is 0. The van der Waals surface area contributed by atoms with Gasteiger partial charge in [-0.05, 0) is 48.0 Å². The summed E-state index contributed by atoms with van der Waals surface area (Å²) in [6.07, 6.45) is 4.44. The van der Waals surface area contributed by atoms with Gasteiger partial charge in [0.1, 0.15) is 17.1 Å². The number of amides is 1. The molecule has 0 aliphatic rings. The van der Waals surface area contributed by atoms with Crippen molar-refractivity contribution in [2.24, 2.45) is 0 Å². The van der Waals surface area contributed by atoms with Gasteiger partial charge in [-0.25, -0.2) is 4.79 Å². The van der Waals surface area contributed by atoms with Gasteiger partial charge < -0.3 is 18.9 Å². The SMILES string of the molecule is COc1ccc(-c2cc3ccccc3oc2=O)cc1NC(=O)C=Cc1ccco1. The topological polar surface area (TPSA) is 81.7 Å². The van der Waals surface area contributed by atoms with Crippen LogP contribution in [0.1, 0.15) is 5.76 Å². The minimum absolute atomic E-state index is 0.359. The van der Waals surface area contributed by atoms with Gasteiger partial charge in [-0.1, -0.05) is 24.3 Å². The van der Waals surface area contributed by atoms with Crippen molar-refractivity contribution >= 4 is 28.6 Å². The third-order valence-electron chi connectivity index (χ3n) is 4.35. The van der Waals surface area contributed by atoms with Crippen LogP contribution in [0.4, 0.5) is 5.69 Å². The molecule has 0 bridgehead atoms. The summed E-state index contributed by atoms with van der Waals surface area (Å²) in [5.74, 6) is 0.677. The molecule has 0 atom stereocenters. The highest BCUT2D eigenvalue weighted by Crippen LogP contribution is 2.30. The predicted octanol–water partition coefficient (Wildman–Crippen LogP) is 4.71. The summed E-state index contributed by atoms with van der Waals surface area (Å²) in [7, 11) is 1.51. The Labute approximate surface area is 166 Å². The van der Waals surface area contributed by atoms with Crippen LogP contribution in [-0.4, -0.2) is 13.0 Å². The maximum Gasteiger partial charge on any atom is 0.344 e. The van der Waals surface area contributed by atoms with Crippen LogP contribution < -0.4 is 15.7 Å². The first kappa shape index (κ1) is 18.3. The van der Waals surface area contributed by atoms with Crippen LogP contribution in [0.5, 0.6) is 5.75 Å². The summed E-state index contributed by atoms with van der Waals surface area (Å²) in [5, 5.41) is 3.58. The number of carbonyl (C=O) groups is 1. The summed E-state index contributed by atoms with van der Waals surface area (Å²) in [6, 6.07) is 17.6. The molecule has 0 radical (unpaired) electrons. The summed E-state index contributed by atoms with van der Waals surface area (Å²) in [5.41, 5.74) is 1.51. The van der Waals surface area contributed by atoms with Crippen LogP contribution in [-0.2, 0) is 4.79 Å². The van der Waals surface area contributed by atoms with E-state index >= 15 is 0 Å². The predicted molar refractivity (Wildman–Crippen MR) is 111 cm³/mol. The Hall–Kier alpha value is -4.06. The Bertz CT molecular complexity index is 1250. The van der Waals surface area contributed by atoms with Gasteiger partial charge >= 0.3 is 5.63 Å². The molecule has 0 aliphatic heterocycles. The number of furan rings is 1. The molecule has 4 rings (SSSR count). The molecule has 0 unspecified atom stereocenters. The molecule has 1 N–H and O–H groups in total. The highest BCUT2D eigenvalue weighted by atomic mass is 16.5. The van der Waals surface area contributed by atoms with Crippen molar-refractivity contribution in [1.29, 1.82) is 0 Å². The fourth-order valence-corrected chi connectivity index (χ4v) is 2.95. The van der Waals surface area contributed by atoms with Crippen molar-refractivity contribution < 1.29 is 18.4 Å². The number of carbonyl (C=O) groups excluding carboxylic acids is 1. The van der Waals surface area contributed by atoms with E-state index in [4.69, 9.17) is 13.6 Å². The normalized spacial score (nSPS) is 11.1. The second-order valence-corrected chi connectivity index (χ2v) is 6.24. The van der Waals surface area contributed by atoms with E-state index in [0.29, 0.717) is 33.9 Å². The molecule has 0 spiro atoms. The second-order valence-electron chi connectivity index (χ2n) is 6.24. The van der Waals surface area contributed by atoms with E-state index in [9.17, 15) is 9.59 Å². The van der Waals surface area contributed by atoms with Crippen molar-refractivity contribution in [1.82, 2.24) is 0 Å². The van der Waals surface area contributed by atoms with Gasteiger partial charge in [0, 0.05) is 11.5 Å². The standard InChI is InChI=1S/C23H17NO5/c1-27-21-10-8-15(18-13-16-5-2-3-7-20(16)29-23(18)26)14-19(21)24-22(25)11-9-17-6-4-12-28-17/h2-14H,1H3,(H,24,25). The van der Waals surface area contributed by atoms with Gasteiger partial charge in [0.25, 0.3) is 0 Å². The molecule has 1 amide bonds. The Balaban J connectivity index is 1.67. The number of benzene rings is 2.